The fourth-order valence-electron chi connectivity index (χ4n) is 2.17. The first kappa shape index (κ1) is 14.7. The van der Waals surface area contributed by atoms with Gasteiger partial charge in [0.05, 0.1) is 6.54 Å². The van der Waals surface area contributed by atoms with Crippen molar-refractivity contribution < 1.29 is 9.21 Å². The lowest BCUT2D eigenvalue weighted by Crippen LogP contribution is -2.22. The third-order valence-corrected chi connectivity index (χ3v) is 3.25. The van der Waals surface area contributed by atoms with E-state index in [0.717, 1.165) is 10.9 Å². The van der Waals surface area contributed by atoms with Crippen molar-refractivity contribution in [2.45, 2.75) is 6.92 Å². The Hall–Kier alpha value is -3.22. The van der Waals surface area contributed by atoms with Crippen molar-refractivity contribution in [1.29, 1.82) is 0 Å². The van der Waals surface area contributed by atoms with Crippen LogP contribution in [0.15, 0.2) is 52.1 Å². The lowest BCUT2D eigenvalue weighted by atomic mass is 10.1. The quantitative estimate of drug-likeness (QED) is 0.715. The molecule has 0 fully saturated rings. The number of carbonyl (C=O) groups is 1. The van der Waals surface area contributed by atoms with Gasteiger partial charge in [0.15, 0.2) is 0 Å². The van der Waals surface area contributed by atoms with Crippen LogP contribution in [0.25, 0.3) is 11.0 Å². The molecule has 0 aliphatic rings. The molecule has 1 aromatic carbocycles. The molecule has 23 heavy (non-hydrogen) atoms. The highest BCUT2D eigenvalue weighted by atomic mass is 16.4. The van der Waals surface area contributed by atoms with Gasteiger partial charge in [-0.05, 0) is 30.7 Å². The minimum absolute atomic E-state index is 0.0623. The predicted molar refractivity (Wildman–Crippen MR) is 86.4 cm³/mol. The Morgan fingerprint density at radius 3 is 2.91 bits per heavy atom. The Bertz CT molecular complexity index is 906. The van der Waals surface area contributed by atoms with Crippen molar-refractivity contribution in [2.75, 3.05) is 17.2 Å². The first-order chi connectivity index (χ1) is 11.1. The Kier molecular flexibility index (Phi) is 4.01. The van der Waals surface area contributed by atoms with Gasteiger partial charge in [-0.15, -0.1) is 0 Å². The number of rotatable bonds is 4. The number of aryl methyl sites for hydroxylation is 1. The highest BCUT2D eigenvalue weighted by Gasteiger charge is 2.06. The number of fused-ring (bicyclic) bond motifs is 1. The highest BCUT2D eigenvalue weighted by Crippen LogP contribution is 2.20. The number of nitrogens with zero attached hydrogens (tertiary/aromatic N) is 2. The Morgan fingerprint density at radius 2 is 2.13 bits per heavy atom. The summed E-state index contributed by atoms with van der Waals surface area (Å²) in [4.78, 5) is 31.1. The number of amides is 1. The van der Waals surface area contributed by atoms with Gasteiger partial charge >= 0.3 is 5.63 Å². The molecule has 0 aliphatic heterocycles. The molecule has 0 saturated heterocycles. The van der Waals surface area contributed by atoms with Gasteiger partial charge in [0.25, 0.3) is 0 Å². The van der Waals surface area contributed by atoms with Gasteiger partial charge in [0.1, 0.15) is 17.7 Å². The van der Waals surface area contributed by atoms with E-state index >= 15 is 0 Å². The Morgan fingerprint density at radius 1 is 1.26 bits per heavy atom. The maximum absolute atomic E-state index is 11.9. The maximum Gasteiger partial charge on any atom is 0.336 e. The second kappa shape index (κ2) is 6.27. The second-order valence-corrected chi connectivity index (χ2v) is 4.96. The van der Waals surface area contributed by atoms with Crippen molar-refractivity contribution in [2.24, 2.45) is 0 Å². The fraction of sp³-hybridized carbons (Fsp3) is 0.125. The van der Waals surface area contributed by atoms with Crippen LogP contribution in [0, 0.1) is 6.92 Å². The zero-order valence-corrected chi connectivity index (χ0v) is 12.4. The molecular formula is C16H14N4O3. The summed E-state index contributed by atoms with van der Waals surface area (Å²) >= 11 is 0. The smallest absolute Gasteiger partial charge is 0.336 e. The van der Waals surface area contributed by atoms with Crippen molar-refractivity contribution in [3.8, 4) is 0 Å². The number of carbonyl (C=O) groups excluding carboxylic acids is 1. The third kappa shape index (κ3) is 3.52. The van der Waals surface area contributed by atoms with E-state index in [2.05, 4.69) is 20.6 Å². The molecule has 0 aliphatic carbocycles. The molecule has 2 aromatic heterocycles. The zero-order valence-electron chi connectivity index (χ0n) is 12.4. The number of hydrogen-bond donors (Lipinski definition) is 2. The lowest BCUT2D eigenvalue weighted by molar-refractivity contribution is -0.114. The van der Waals surface area contributed by atoms with Crippen molar-refractivity contribution in [1.82, 2.24) is 9.97 Å². The molecule has 0 bridgehead atoms. The normalized spacial score (nSPS) is 10.5. The second-order valence-electron chi connectivity index (χ2n) is 4.96. The summed E-state index contributed by atoms with van der Waals surface area (Å²) in [6, 6.07) is 8.30. The van der Waals surface area contributed by atoms with Gasteiger partial charge in [0.2, 0.25) is 5.91 Å². The van der Waals surface area contributed by atoms with Crippen molar-refractivity contribution in [3.63, 3.8) is 0 Å². The summed E-state index contributed by atoms with van der Waals surface area (Å²) < 4.78 is 5.15. The van der Waals surface area contributed by atoms with E-state index in [0.29, 0.717) is 17.1 Å². The number of hydrogen-bond acceptors (Lipinski definition) is 6. The summed E-state index contributed by atoms with van der Waals surface area (Å²) in [6.07, 6.45) is 2.98. The molecule has 2 heterocycles. The monoisotopic (exact) mass is 310 g/mol. The molecule has 7 nitrogen and oxygen atoms in total. The first-order valence-corrected chi connectivity index (χ1v) is 6.96. The molecule has 0 atom stereocenters. The SMILES string of the molecule is Cc1cc(=O)oc2cc(NC(=O)CNc3ccncn3)ccc12. The van der Waals surface area contributed by atoms with Crippen LogP contribution in [-0.2, 0) is 4.79 Å². The summed E-state index contributed by atoms with van der Waals surface area (Å²) in [5, 5.41) is 6.45. The summed E-state index contributed by atoms with van der Waals surface area (Å²) in [6.45, 7) is 1.90. The molecule has 1 amide bonds. The van der Waals surface area contributed by atoms with Crippen molar-refractivity contribution >= 4 is 28.4 Å². The Labute approximate surface area is 131 Å². The van der Waals surface area contributed by atoms with Gasteiger partial charge in [0, 0.05) is 29.4 Å². The van der Waals surface area contributed by atoms with E-state index in [4.69, 9.17) is 4.42 Å². The molecule has 0 radical (unpaired) electrons. The van der Waals surface area contributed by atoms with Crippen LogP contribution in [0.3, 0.4) is 0 Å². The number of benzene rings is 1. The van der Waals surface area contributed by atoms with Crippen LogP contribution < -0.4 is 16.3 Å². The molecule has 2 N–H and O–H groups in total. The van der Waals surface area contributed by atoms with Crippen LogP contribution in [0.4, 0.5) is 11.5 Å². The molecule has 116 valence electrons. The average molecular weight is 310 g/mol. The van der Waals surface area contributed by atoms with Gasteiger partial charge < -0.3 is 15.1 Å². The molecule has 0 unspecified atom stereocenters. The van der Waals surface area contributed by atoms with Gasteiger partial charge in [-0.3, -0.25) is 4.79 Å². The molecule has 3 aromatic rings. The fourth-order valence-corrected chi connectivity index (χ4v) is 2.17. The molecule has 3 rings (SSSR count). The van der Waals surface area contributed by atoms with Gasteiger partial charge in [-0.25, -0.2) is 14.8 Å². The van der Waals surface area contributed by atoms with Gasteiger partial charge in [-0.2, -0.15) is 0 Å². The molecule has 0 saturated carbocycles. The predicted octanol–water partition coefficient (Wildman–Crippen LogP) is 1.94. The van der Waals surface area contributed by atoms with E-state index in [-0.39, 0.29) is 12.5 Å². The molecule has 7 heteroatoms. The van der Waals surface area contributed by atoms with Crippen LogP contribution in [-0.4, -0.2) is 22.4 Å². The number of aromatic nitrogens is 2. The zero-order chi connectivity index (χ0) is 16.2. The van der Waals surface area contributed by atoms with E-state index < -0.39 is 5.63 Å². The standard InChI is InChI=1S/C16H14N4O3/c1-10-6-16(22)23-13-7-11(2-3-12(10)13)20-15(21)8-18-14-4-5-17-9-19-14/h2-7,9H,8H2,1H3,(H,20,21)(H,17,18,19). The lowest BCUT2D eigenvalue weighted by Gasteiger charge is -2.08. The summed E-state index contributed by atoms with van der Waals surface area (Å²) in [5.41, 5.74) is 1.42. The largest absolute Gasteiger partial charge is 0.423 e. The molecular weight excluding hydrogens is 296 g/mol. The first-order valence-electron chi connectivity index (χ1n) is 6.96. The number of nitrogens with one attached hydrogen (secondary N) is 2. The topological polar surface area (TPSA) is 97.1 Å². The minimum atomic E-state index is -0.413. The minimum Gasteiger partial charge on any atom is -0.423 e. The van der Waals surface area contributed by atoms with E-state index in [1.807, 2.05) is 6.92 Å². The summed E-state index contributed by atoms with van der Waals surface area (Å²) in [7, 11) is 0. The number of anilines is 2. The van der Waals surface area contributed by atoms with Crippen LogP contribution >= 0.6 is 0 Å². The van der Waals surface area contributed by atoms with Crippen LogP contribution in [0.2, 0.25) is 0 Å². The summed E-state index contributed by atoms with van der Waals surface area (Å²) in [5.74, 6) is 0.327. The molecule has 0 spiro atoms. The van der Waals surface area contributed by atoms with E-state index in [1.54, 1.807) is 30.5 Å². The highest BCUT2D eigenvalue weighted by molar-refractivity contribution is 5.95. The van der Waals surface area contributed by atoms with E-state index in [9.17, 15) is 9.59 Å². The maximum atomic E-state index is 11.9. The van der Waals surface area contributed by atoms with E-state index in [1.165, 1.54) is 12.4 Å². The Balaban J connectivity index is 1.71. The van der Waals surface area contributed by atoms with Crippen LogP contribution in [0.1, 0.15) is 5.56 Å². The third-order valence-electron chi connectivity index (χ3n) is 3.25. The average Bonchev–Trinajstić information content (AvgIpc) is 2.53. The van der Waals surface area contributed by atoms with Crippen LogP contribution in [0.5, 0.6) is 0 Å². The van der Waals surface area contributed by atoms with Gasteiger partial charge in [-0.1, -0.05) is 0 Å². The van der Waals surface area contributed by atoms with Crippen molar-refractivity contribution in [3.05, 3.63) is 58.8 Å².